The summed E-state index contributed by atoms with van der Waals surface area (Å²) in [6, 6.07) is 5.80. The Labute approximate surface area is 156 Å². The van der Waals surface area contributed by atoms with Gasteiger partial charge in [-0.15, -0.1) is 10.2 Å². The molecule has 4 heterocycles. The van der Waals surface area contributed by atoms with Crippen molar-refractivity contribution >= 4 is 11.6 Å². The molecule has 1 aliphatic rings. The number of pyridine rings is 1. The first kappa shape index (κ1) is 17.4. The molecule has 0 aliphatic carbocycles. The quantitative estimate of drug-likeness (QED) is 0.755. The highest BCUT2D eigenvalue weighted by atomic mass is 16.2. The van der Waals surface area contributed by atoms with Gasteiger partial charge in [0.2, 0.25) is 5.91 Å². The molecule has 1 saturated heterocycles. The Bertz CT molecular complexity index is 1050. The van der Waals surface area contributed by atoms with Gasteiger partial charge in [0.15, 0.2) is 5.65 Å². The predicted molar refractivity (Wildman–Crippen MR) is 99.6 cm³/mol. The second-order valence-corrected chi connectivity index (χ2v) is 7.06. The first-order chi connectivity index (χ1) is 13.0. The number of nitrogens with zero attached hydrogens (tertiary/aromatic N) is 5. The molecule has 1 N–H and O–H groups in total. The third-order valence-corrected chi connectivity index (χ3v) is 5.15. The van der Waals surface area contributed by atoms with Crippen LogP contribution in [0.15, 0.2) is 29.2 Å². The van der Waals surface area contributed by atoms with Gasteiger partial charge < -0.3 is 9.88 Å². The van der Waals surface area contributed by atoms with Gasteiger partial charge >= 0.3 is 0 Å². The molecule has 0 bridgehead atoms. The summed E-state index contributed by atoms with van der Waals surface area (Å²) in [6.45, 7) is 4.79. The summed E-state index contributed by atoms with van der Waals surface area (Å²) in [4.78, 5) is 33.8. The number of H-pyrrole nitrogens is 1. The van der Waals surface area contributed by atoms with E-state index in [2.05, 4.69) is 20.2 Å². The van der Waals surface area contributed by atoms with E-state index in [1.54, 1.807) is 13.8 Å². The fourth-order valence-electron chi connectivity index (χ4n) is 3.77. The lowest BCUT2D eigenvalue weighted by Gasteiger charge is -2.32. The van der Waals surface area contributed by atoms with E-state index in [4.69, 9.17) is 0 Å². The van der Waals surface area contributed by atoms with E-state index in [-0.39, 0.29) is 23.8 Å². The fourth-order valence-corrected chi connectivity index (χ4v) is 3.77. The van der Waals surface area contributed by atoms with Crippen molar-refractivity contribution in [2.24, 2.45) is 0 Å². The van der Waals surface area contributed by atoms with E-state index in [1.165, 1.54) is 0 Å². The van der Waals surface area contributed by atoms with Crippen LogP contribution in [0.2, 0.25) is 0 Å². The topological polar surface area (TPSA) is 96.2 Å². The first-order valence-electron chi connectivity index (χ1n) is 9.17. The van der Waals surface area contributed by atoms with Crippen LogP contribution in [-0.4, -0.2) is 48.5 Å². The minimum absolute atomic E-state index is 0.0484. The van der Waals surface area contributed by atoms with Crippen molar-refractivity contribution in [3.05, 3.63) is 57.7 Å². The van der Waals surface area contributed by atoms with Gasteiger partial charge in [-0.05, 0) is 38.8 Å². The molecule has 0 unspecified atom stereocenters. The average Bonchev–Trinajstić information content (AvgIpc) is 3.09. The van der Waals surface area contributed by atoms with Crippen LogP contribution in [0.3, 0.4) is 0 Å². The van der Waals surface area contributed by atoms with E-state index in [9.17, 15) is 9.59 Å². The van der Waals surface area contributed by atoms with Crippen molar-refractivity contribution in [2.45, 2.75) is 39.0 Å². The number of likely N-dealkylation sites (tertiary alicyclic amines) is 1. The number of amides is 1. The highest BCUT2D eigenvalue weighted by molar-refractivity contribution is 5.79. The fraction of sp³-hybridized carbons (Fsp3) is 0.421. The second-order valence-electron chi connectivity index (χ2n) is 7.06. The van der Waals surface area contributed by atoms with E-state index in [1.807, 2.05) is 33.7 Å². The van der Waals surface area contributed by atoms with Crippen molar-refractivity contribution in [3.63, 3.8) is 0 Å². The Morgan fingerprint density at radius 3 is 2.96 bits per heavy atom. The van der Waals surface area contributed by atoms with Crippen LogP contribution in [0.5, 0.6) is 0 Å². The van der Waals surface area contributed by atoms with Gasteiger partial charge in [-0.3, -0.25) is 14.0 Å². The molecule has 0 saturated carbocycles. The predicted octanol–water partition coefficient (Wildman–Crippen LogP) is 1.38. The zero-order valence-corrected chi connectivity index (χ0v) is 15.5. The third-order valence-electron chi connectivity index (χ3n) is 5.15. The molecule has 1 aliphatic heterocycles. The summed E-state index contributed by atoms with van der Waals surface area (Å²) >= 11 is 0. The Morgan fingerprint density at radius 2 is 2.15 bits per heavy atom. The number of aromatic amines is 1. The van der Waals surface area contributed by atoms with Crippen LogP contribution in [0.4, 0.5) is 0 Å². The van der Waals surface area contributed by atoms with Crippen molar-refractivity contribution in [1.29, 1.82) is 0 Å². The maximum Gasteiger partial charge on any atom is 0.254 e. The molecule has 0 spiro atoms. The molecule has 140 valence electrons. The summed E-state index contributed by atoms with van der Waals surface area (Å²) in [5.74, 6) is 1.53. The van der Waals surface area contributed by atoms with Gasteiger partial charge in [0.25, 0.3) is 5.56 Å². The maximum atomic E-state index is 12.8. The number of hydrogen-bond acceptors (Lipinski definition) is 5. The minimum atomic E-state index is -0.231. The molecule has 8 heteroatoms. The number of carbonyl (C=O) groups is 1. The zero-order valence-electron chi connectivity index (χ0n) is 15.5. The molecular formula is C19H22N6O2. The Kier molecular flexibility index (Phi) is 4.47. The van der Waals surface area contributed by atoms with Crippen LogP contribution in [-0.2, 0) is 11.2 Å². The van der Waals surface area contributed by atoms with E-state index in [0.29, 0.717) is 30.2 Å². The molecule has 3 aromatic heterocycles. The summed E-state index contributed by atoms with van der Waals surface area (Å²) < 4.78 is 1.98. The van der Waals surface area contributed by atoms with Gasteiger partial charge in [-0.2, -0.15) is 0 Å². The highest BCUT2D eigenvalue weighted by Gasteiger charge is 2.28. The molecule has 0 aromatic carbocycles. The number of aryl methyl sites for hydroxylation is 2. The summed E-state index contributed by atoms with van der Waals surface area (Å²) in [5.41, 5.74) is 1.64. The summed E-state index contributed by atoms with van der Waals surface area (Å²) in [5, 5.41) is 8.56. The molecule has 1 atom stereocenters. The molecule has 3 aromatic rings. The molecule has 4 rings (SSSR count). The van der Waals surface area contributed by atoms with Gasteiger partial charge in [0.05, 0.1) is 6.42 Å². The van der Waals surface area contributed by atoms with Crippen LogP contribution < -0.4 is 5.56 Å². The molecule has 1 fully saturated rings. The van der Waals surface area contributed by atoms with Gasteiger partial charge in [-0.1, -0.05) is 6.07 Å². The van der Waals surface area contributed by atoms with E-state index < -0.39 is 0 Å². The van der Waals surface area contributed by atoms with E-state index in [0.717, 1.165) is 24.3 Å². The average molecular weight is 366 g/mol. The second kappa shape index (κ2) is 6.94. The largest absolute Gasteiger partial charge is 0.342 e. The number of rotatable bonds is 3. The van der Waals surface area contributed by atoms with Gasteiger partial charge in [0, 0.05) is 36.5 Å². The number of fused-ring (bicyclic) bond motifs is 1. The Balaban J connectivity index is 1.53. The maximum absolute atomic E-state index is 12.8. The van der Waals surface area contributed by atoms with Crippen molar-refractivity contribution in [2.75, 3.05) is 13.1 Å². The SMILES string of the molecule is Cc1nc(C)c(CC(=O)N2CCC[C@@H](c3nnc4ccccn34)C2)c(=O)[nH]1. The Morgan fingerprint density at radius 1 is 1.30 bits per heavy atom. The van der Waals surface area contributed by atoms with Crippen LogP contribution in [0.25, 0.3) is 5.65 Å². The van der Waals surface area contributed by atoms with Gasteiger partial charge in [0.1, 0.15) is 11.6 Å². The van der Waals surface area contributed by atoms with Crippen LogP contribution in [0.1, 0.15) is 41.7 Å². The van der Waals surface area contributed by atoms with Crippen molar-refractivity contribution < 1.29 is 4.79 Å². The minimum Gasteiger partial charge on any atom is -0.342 e. The van der Waals surface area contributed by atoms with Crippen molar-refractivity contribution in [3.8, 4) is 0 Å². The Hall–Kier alpha value is -3.03. The molecule has 0 radical (unpaired) electrons. The van der Waals surface area contributed by atoms with Crippen LogP contribution >= 0.6 is 0 Å². The number of aromatic nitrogens is 5. The summed E-state index contributed by atoms with van der Waals surface area (Å²) in [6.07, 6.45) is 3.89. The molecule has 27 heavy (non-hydrogen) atoms. The third kappa shape index (κ3) is 3.34. The smallest absolute Gasteiger partial charge is 0.254 e. The number of carbonyl (C=O) groups excluding carboxylic acids is 1. The van der Waals surface area contributed by atoms with Gasteiger partial charge in [-0.25, -0.2) is 4.98 Å². The number of hydrogen-bond donors (Lipinski definition) is 1. The van der Waals surface area contributed by atoms with E-state index >= 15 is 0 Å². The standard InChI is InChI=1S/C19H22N6O2/c1-12-15(19(27)21-13(2)20-12)10-17(26)24-8-5-6-14(11-24)18-23-22-16-7-3-4-9-25(16)18/h3-4,7,9,14H,5-6,8,10-11H2,1-2H3,(H,20,21,27)/t14-/m1/s1. The normalized spacial score (nSPS) is 17.4. The number of piperidine rings is 1. The lowest BCUT2D eigenvalue weighted by atomic mass is 9.96. The first-order valence-corrected chi connectivity index (χ1v) is 9.17. The highest BCUT2D eigenvalue weighted by Crippen LogP contribution is 2.26. The lowest BCUT2D eigenvalue weighted by molar-refractivity contribution is -0.131. The zero-order chi connectivity index (χ0) is 19.0. The molecule has 8 nitrogen and oxygen atoms in total. The number of nitrogens with one attached hydrogen (secondary N) is 1. The monoisotopic (exact) mass is 366 g/mol. The lowest BCUT2D eigenvalue weighted by Crippen LogP contribution is -2.41. The molecule has 1 amide bonds. The van der Waals surface area contributed by atoms with Crippen LogP contribution in [0, 0.1) is 13.8 Å². The van der Waals surface area contributed by atoms with Crippen molar-refractivity contribution in [1.82, 2.24) is 29.5 Å². The molecular weight excluding hydrogens is 344 g/mol. The summed E-state index contributed by atoms with van der Waals surface area (Å²) in [7, 11) is 0.